The average molecular weight is 361 g/mol. The Morgan fingerprint density at radius 3 is 2.81 bits per heavy atom. The summed E-state index contributed by atoms with van der Waals surface area (Å²) in [6, 6.07) is 17.8. The fraction of sp³-hybridized carbons (Fsp3) is 0.143. The maximum atomic E-state index is 12.8. The third-order valence-electron chi connectivity index (χ3n) is 4.45. The monoisotopic (exact) mass is 361 g/mol. The van der Waals surface area contributed by atoms with Gasteiger partial charge in [-0.3, -0.25) is 9.20 Å². The molecule has 0 aliphatic heterocycles. The van der Waals surface area contributed by atoms with E-state index in [-0.39, 0.29) is 11.8 Å². The first kappa shape index (κ1) is 16.5. The summed E-state index contributed by atoms with van der Waals surface area (Å²) in [5, 5.41) is 5.07. The number of rotatable bonds is 5. The van der Waals surface area contributed by atoms with Gasteiger partial charge >= 0.3 is 0 Å². The predicted molar refractivity (Wildman–Crippen MR) is 107 cm³/mol. The smallest absolute Gasteiger partial charge is 0.231 e. The van der Waals surface area contributed by atoms with E-state index in [0.29, 0.717) is 0 Å². The number of nitrogens with one attached hydrogen (secondary N) is 1. The van der Waals surface area contributed by atoms with Crippen molar-refractivity contribution < 1.29 is 4.79 Å². The van der Waals surface area contributed by atoms with Gasteiger partial charge in [-0.2, -0.15) is 0 Å². The van der Waals surface area contributed by atoms with Crippen LogP contribution in [0.5, 0.6) is 0 Å². The normalized spacial score (nSPS) is 12.2. The number of thiazole rings is 1. The van der Waals surface area contributed by atoms with Crippen LogP contribution in [0, 0.1) is 0 Å². The minimum atomic E-state index is -0.155. The first-order valence-corrected chi connectivity index (χ1v) is 9.51. The molecule has 2 aromatic carbocycles. The number of benzene rings is 2. The van der Waals surface area contributed by atoms with Crippen LogP contribution in [-0.2, 0) is 4.79 Å². The zero-order chi connectivity index (χ0) is 17.9. The highest BCUT2D eigenvalue weighted by Crippen LogP contribution is 2.26. The molecular weight excluding hydrogens is 342 g/mol. The third kappa shape index (κ3) is 3.26. The van der Waals surface area contributed by atoms with Crippen LogP contribution in [0.25, 0.3) is 16.2 Å². The SMILES string of the molecule is CCC(C(=O)Nc1cccc(-c2cn3ccsc3n2)c1)c1ccccc1. The summed E-state index contributed by atoms with van der Waals surface area (Å²) in [5.41, 5.74) is 3.73. The van der Waals surface area contributed by atoms with Crippen molar-refractivity contribution in [2.75, 3.05) is 5.32 Å². The molecule has 4 nitrogen and oxygen atoms in total. The molecule has 1 amide bonds. The van der Waals surface area contributed by atoms with E-state index in [4.69, 9.17) is 0 Å². The summed E-state index contributed by atoms with van der Waals surface area (Å²) in [4.78, 5) is 18.4. The molecule has 0 spiro atoms. The van der Waals surface area contributed by atoms with Crippen molar-refractivity contribution in [3.05, 3.63) is 77.9 Å². The van der Waals surface area contributed by atoms with Gasteiger partial charge in [0.15, 0.2) is 4.96 Å². The van der Waals surface area contributed by atoms with Gasteiger partial charge in [-0.15, -0.1) is 11.3 Å². The number of carbonyl (C=O) groups is 1. The van der Waals surface area contributed by atoms with E-state index in [9.17, 15) is 4.79 Å². The minimum Gasteiger partial charge on any atom is -0.326 e. The molecule has 0 saturated carbocycles. The number of hydrogen-bond donors (Lipinski definition) is 1. The Hall–Kier alpha value is -2.92. The first-order valence-electron chi connectivity index (χ1n) is 8.63. The molecule has 0 bridgehead atoms. The number of hydrogen-bond acceptors (Lipinski definition) is 3. The number of amides is 1. The largest absolute Gasteiger partial charge is 0.326 e. The van der Waals surface area contributed by atoms with Gasteiger partial charge in [-0.25, -0.2) is 4.98 Å². The lowest BCUT2D eigenvalue weighted by molar-refractivity contribution is -0.117. The van der Waals surface area contributed by atoms with Crippen molar-refractivity contribution in [1.29, 1.82) is 0 Å². The number of carbonyl (C=O) groups excluding carboxylic acids is 1. The van der Waals surface area contributed by atoms with Crippen LogP contribution >= 0.6 is 11.3 Å². The van der Waals surface area contributed by atoms with E-state index in [1.807, 2.05) is 83.7 Å². The van der Waals surface area contributed by atoms with Crippen molar-refractivity contribution >= 4 is 27.9 Å². The van der Waals surface area contributed by atoms with E-state index in [1.54, 1.807) is 11.3 Å². The molecule has 1 N–H and O–H groups in total. The Balaban J connectivity index is 1.56. The maximum Gasteiger partial charge on any atom is 0.231 e. The Bertz CT molecular complexity index is 1010. The quantitative estimate of drug-likeness (QED) is 0.531. The fourth-order valence-corrected chi connectivity index (χ4v) is 3.81. The van der Waals surface area contributed by atoms with Crippen LogP contribution in [0.4, 0.5) is 5.69 Å². The molecule has 26 heavy (non-hydrogen) atoms. The first-order chi connectivity index (χ1) is 12.7. The van der Waals surface area contributed by atoms with Crippen molar-refractivity contribution in [2.24, 2.45) is 0 Å². The average Bonchev–Trinajstić information content (AvgIpc) is 3.25. The highest BCUT2D eigenvalue weighted by atomic mass is 32.1. The third-order valence-corrected chi connectivity index (χ3v) is 5.22. The van der Waals surface area contributed by atoms with Crippen molar-refractivity contribution in [3.8, 4) is 11.3 Å². The summed E-state index contributed by atoms with van der Waals surface area (Å²) >= 11 is 1.60. The summed E-state index contributed by atoms with van der Waals surface area (Å²) < 4.78 is 2.01. The lowest BCUT2D eigenvalue weighted by Crippen LogP contribution is -2.20. The van der Waals surface area contributed by atoms with E-state index in [1.165, 1.54) is 0 Å². The number of fused-ring (bicyclic) bond motifs is 1. The van der Waals surface area contributed by atoms with Gasteiger partial charge in [0.2, 0.25) is 5.91 Å². The summed E-state index contributed by atoms with van der Waals surface area (Å²) in [6.45, 7) is 2.03. The molecule has 5 heteroatoms. The van der Waals surface area contributed by atoms with Crippen molar-refractivity contribution in [1.82, 2.24) is 9.38 Å². The number of anilines is 1. The molecule has 0 aliphatic rings. The fourth-order valence-electron chi connectivity index (χ4n) is 3.11. The molecule has 0 aliphatic carbocycles. The zero-order valence-corrected chi connectivity index (χ0v) is 15.2. The molecule has 1 atom stereocenters. The van der Waals surface area contributed by atoms with Gasteiger partial charge in [-0.1, -0.05) is 49.4 Å². The van der Waals surface area contributed by atoms with Crippen LogP contribution in [0.15, 0.2) is 72.4 Å². The maximum absolute atomic E-state index is 12.8. The molecule has 1 unspecified atom stereocenters. The predicted octanol–water partition coefficient (Wildman–Crippen LogP) is 5.20. The van der Waals surface area contributed by atoms with Gasteiger partial charge < -0.3 is 5.32 Å². The Morgan fingerprint density at radius 2 is 2.04 bits per heavy atom. The summed E-state index contributed by atoms with van der Waals surface area (Å²) in [5.74, 6) is -0.139. The van der Waals surface area contributed by atoms with Crippen LogP contribution in [0.1, 0.15) is 24.8 Å². The van der Waals surface area contributed by atoms with Gasteiger partial charge in [0.25, 0.3) is 0 Å². The molecule has 0 radical (unpaired) electrons. The second-order valence-electron chi connectivity index (χ2n) is 6.16. The van der Waals surface area contributed by atoms with E-state index >= 15 is 0 Å². The molecule has 2 aromatic heterocycles. The number of aromatic nitrogens is 2. The van der Waals surface area contributed by atoms with Crippen molar-refractivity contribution in [2.45, 2.75) is 19.3 Å². The van der Waals surface area contributed by atoms with Gasteiger partial charge in [0.1, 0.15) is 0 Å². The van der Waals surface area contributed by atoms with Crippen LogP contribution in [-0.4, -0.2) is 15.3 Å². The molecule has 4 aromatic rings. The Morgan fingerprint density at radius 1 is 1.19 bits per heavy atom. The molecule has 0 fully saturated rings. The Kier molecular flexibility index (Phi) is 4.54. The lowest BCUT2D eigenvalue weighted by atomic mass is 9.95. The second-order valence-corrected chi connectivity index (χ2v) is 7.03. The minimum absolute atomic E-state index is 0.0154. The zero-order valence-electron chi connectivity index (χ0n) is 14.4. The Labute approximate surface area is 156 Å². The van der Waals surface area contributed by atoms with Gasteiger partial charge in [-0.05, 0) is 24.1 Å². The topological polar surface area (TPSA) is 46.4 Å². The second kappa shape index (κ2) is 7.14. The standard InChI is InChI=1S/C21H19N3OS/c1-2-18(15-7-4-3-5-8-15)20(25)22-17-10-6-9-16(13-17)19-14-24-11-12-26-21(24)23-19/h3-14,18H,2H2,1H3,(H,22,25). The molecular formula is C21H19N3OS. The van der Waals surface area contributed by atoms with Crippen molar-refractivity contribution in [3.63, 3.8) is 0 Å². The molecule has 4 rings (SSSR count). The van der Waals surface area contributed by atoms with Crippen LogP contribution in [0.2, 0.25) is 0 Å². The van der Waals surface area contributed by atoms with Crippen LogP contribution < -0.4 is 5.32 Å². The summed E-state index contributed by atoms with van der Waals surface area (Å²) in [7, 11) is 0. The summed E-state index contributed by atoms with van der Waals surface area (Å²) in [6.07, 6.45) is 4.76. The highest BCUT2D eigenvalue weighted by Gasteiger charge is 2.18. The van der Waals surface area contributed by atoms with Gasteiger partial charge in [0, 0.05) is 29.0 Å². The number of nitrogens with zero attached hydrogens (tertiary/aromatic N) is 2. The molecule has 130 valence electrons. The highest BCUT2D eigenvalue weighted by molar-refractivity contribution is 7.15. The van der Waals surface area contributed by atoms with Gasteiger partial charge in [0.05, 0.1) is 11.6 Å². The molecule has 0 saturated heterocycles. The lowest BCUT2D eigenvalue weighted by Gasteiger charge is -2.15. The van der Waals surface area contributed by atoms with E-state index in [0.717, 1.165) is 33.9 Å². The van der Waals surface area contributed by atoms with Crippen LogP contribution in [0.3, 0.4) is 0 Å². The molecule has 2 heterocycles. The van der Waals surface area contributed by atoms with E-state index in [2.05, 4.69) is 10.3 Å². The van der Waals surface area contributed by atoms with E-state index < -0.39 is 0 Å². The number of imidazole rings is 1.